The van der Waals surface area contributed by atoms with Crippen LogP contribution in [0.5, 0.6) is 0 Å². The maximum atomic E-state index is 12.3. The van der Waals surface area contributed by atoms with Crippen LogP contribution in [0.25, 0.3) is 10.8 Å². The van der Waals surface area contributed by atoms with Gasteiger partial charge in [0.1, 0.15) is 11.7 Å². The van der Waals surface area contributed by atoms with Gasteiger partial charge < -0.3 is 9.84 Å². The number of aromatic nitrogens is 5. The van der Waals surface area contributed by atoms with Crippen LogP contribution >= 0.6 is 11.3 Å². The van der Waals surface area contributed by atoms with Crippen molar-refractivity contribution >= 4 is 17.2 Å². The minimum Gasteiger partial charge on any atom is -0.339 e. The number of carbonyl (C=O) groups excluding carboxylic acids is 1. The van der Waals surface area contributed by atoms with Crippen molar-refractivity contribution < 1.29 is 9.32 Å². The molecule has 1 amide bonds. The van der Waals surface area contributed by atoms with Gasteiger partial charge in [-0.3, -0.25) is 4.79 Å². The number of rotatable bonds is 5. The van der Waals surface area contributed by atoms with Gasteiger partial charge in [0.05, 0.1) is 0 Å². The summed E-state index contributed by atoms with van der Waals surface area (Å²) >= 11 is 1.31. The van der Waals surface area contributed by atoms with Crippen LogP contribution < -0.4 is 5.32 Å². The number of hydrogen-bond donors (Lipinski definition) is 1. The monoisotopic (exact) mass is 344 g/mol. The molecule has 0 aromatic carbocycles. The Labute approximate surface area is 142 Å². The Morgan fingerprint density at radius 2 is 1.96 bits per heavy atom. The average molecular weight is 344 g/mol. The SMILES string of the molecule is CC(C)c1noc([C@H](C)NC(=O)c2csc(-c3ncccn3)n2)n1. The molecular formula is C15H16N6O2S. The third-order valence-electron chi connectivity index (χ3n) is 3.19. The molecule has 124 valence electrons. The van der Waals surface area contributed by atoms with E-state index < -0.39 is 6.04 Å². The summed E-state index contributed by atoms with van der Waals surface area (Å²) in [6, 6.07) is 1.32. The maximum Gasteiger partial charge on any atom is 0.271 e. The Hall–Kier alpha value is -2.68. The van der Waals surface area contributed by atoms with E-state index >= 15 is 0 Å². The van der Waals surface area contributed by atoms with E-state index in [1.54, 1.807) is 30.8 Å². The van der Waals surface area contributed by atoms with E-state index in [2.05, 4.69) is 30.4 Å². The zero-order valence-corrected chi connectivity index (χ0v) is 14.2. The first-order chi connectivity index (χ1) is 11.5. The van der Waals surface area contributed by atoms with Crippen LogP contribution in [0.4, 0.5) is 0 Å². The molecule has 3 rings (SSSR count). The van der Waals surface area contributed by atoms with Gasteiger partial charge in [-0.05, 0) is 13.0 Å². The normalized spacial score (nSPS) is 12.3. The number of nitrogens with zero attached hydrogens (tertiary/aromatic N) is 5. The van der Waals surface area contributed by atoms with Gasteiger partial charge in [-0.1, -0.05) is 19.0 Å². The van der Waals surface area contributed by atoms with Crippen LogP contribution in [0.2, 0.25) is 0 Å². The van der Waals surface area contributed by atoms with Crippen LogP contribution in [0, 0.1) is 0 Å². The lowest BCUT2D eigenvalue weighted by Gasteiger charge is -2.07. The highest BCUT2D eigenvalue weighted by atomic mass is 32.1. The van der Waals surface area contributed by atoms with Crippen molar-refractivity contribution in [2.24, 2.45) is 0 Å². The van der Waals surface area contributed by atoms with Crippen LogP contribution in [-0.4, -0.2) is 31.0 Å². The third-order valence-corrected chi connectivity index (χ3v) is 4.02. The number of carbonyl (C=O) groups is 1. The molecule has 24 heavy (non-hydrogen) atoms. The van der Waals surface area contributed by atoms with Crippen molar-refractivity contribution in [1.29, 1.82) is 0 Å². The van der Waals surface area contributed by atoms with Gasteiger partial charge in [-0.25, -0.2) is 15.0 Å². The maximum absolute atomic E-state index is 12.3. The topological polar surface area (TPSA) is 107 Å². The number of hydrogen-bond acceptors (Lipinski definition) is 8. The predicted octanol–water partition coefficient (Wildman–Crippen LogP) is 2.60. The fourth-order valence-electron chi connectivity index (χ4n) is 1.88. The molecule has 3 heterocycles. The van der Waals surface area contributed by atoms with Crippen LogP contribution in [-0.2, 0) is 0 Å². The summed E-state index contributed by atoms with van der Waals surface area (Å²) in [5, 5.41) is 8.95. The molecule has 9 heteroatoms. The van der Waals surface area contributed by atoms with Gasteiger partial charge in [0.25, 0.3) is 5.91 Å². The molecule has 0 saturated carbocycles. The molecule has 0 unspecified atom stereocenters. The Morgan fingerprint density at radius 1 is 1.21 bits per heavy atom. The quantitative estimate of drug-likeness (QED) is 0.758. The van der Waals surface area contributed by atoms with Gasteiger partial charge in [-0.2, -0.15) is 4.98 Å². The van der Waals surface area contributed by atoms with Crippen molar-refractivity contribution in [2.75, 3.05) is 0 Å². The second-order valence-corrected chi connectivity index (χ2v) is 6.31. The molecule has 0 aliphatic heterocycles. The summed E-state index contributed by atoms with van der Waals surface area (Å²) in [6.07, 6.45) is 3.26. The standard InChI is InChI=1S/C15H16N6O2S/c1-8(2)11-20-14(23-21-11)9(3)18-13(22)10-7-24-15(19-10)12-16-5-4-6-17-12/h4-9H,1-3H3,(H,18,22)/t9-/m0/s1. The summed E-state index contributed by atoms with van der Waals surface area (Å²) in [6.45, 7) is 5.73. The zero-order valence-electron chi connectivity index (χ0n) is 13.4. The molecule has 0 radical (unpaired) electrons. The van der Waals surface area contributed by atoms with E-state index in [1.807, 2.05) is 13.8 Å². The molecule has 0 spiro atoms. The Morgan fingerprint density at radius 3 is 2.62 bits per heavy atom. The third kappa shape index (κ3) is 3.46. The van der Waals surface area contributed by atoms with Crippen LogP contribution in [0.1, 0.15) is 54.9 Å². The van der Waals surface area contributed by atoms with Gasteiger partial charge in [0.2, 0.25) is 5.89 Å². The van der Waals surface area contributed by atoms with Gasteiger partial charge in [-0.15, -0.1) is 11.3 Å². The van der Waals surface area contributed by atoms with Gasteiger partial charge in [0, 0.05) is 23.7 Å². The van der Waals surface area contributed by atoms with E-state index in [1.165, 1.54) is 11.3 Å². The fraction of sp³-hybridized carbons (Fsp3) is 0.333. The highest BCUT2D eigenvalue weighted by Gasteiger charge is 2.20. The van der Waals surface area contributed by atoms with E-state index in [9.17, 15) is 4.79 Å². The lowest BCUT2D eigenvalue weighted by atomic mass is 10.2. The minimum atomic E-state index is -0.407. The number of thiazole rings is 1. The number of amides is 1. The first-order valence-electron chi connectivity index (χ1n) is 7.42. The minimum absolute atomic E-state index is 0.164. The summed E-state index contributed by atoms with van der Waals surface area (Å²) in [7, 11) is 0. The molecule has 0 bridgehead atoms. The summed E-state index contributed by atoms with van der Waals surface area (Å²) < 4.78 is 5.19. The highest BCUT2D eigenvalue weighted by molar-refractivity contribution is 7.13. The first kappa shape index (κ1) is 16.2. The van der Waals surface area contributed by atoms with E-state index in [-0.39, 0.29) is 11.8 Å². The molecule has 3 aromatic heterocycles. The van der Waals surface area contributed by atoms with E-state index in [4.69, 9.17) is 4.52 Å². The Balaban J connectivity index is 1.69. The Kier molecular flexibility index (Phi) is 4.61. The smallest absolute Gasteiger partial charge is 0.271 e. The predicted molar refractivity (Wildman–Crippen MR) is 87.4 cm³/mol. The summed E-state index contributed by atoms with van der Waals surface area (Å²) in [5.41, 5.74) is 0.304. The van der Waals surface area contributed by atoms with Crippen molar-refractivity contribution in [2.45, 2.75) is 32.7 Å². The average Bonchev–Trinajstić information content (AvgIpc) is 3.25. The lowest BCUT2D eigenvalue weighted by molar-refractivity contribution is 0.0928. The molecule has 1 atom stereocenters. The van der Waals surface area contributed by atoms with Gasteiger partial charge >= 0.3 is 0 Å². The van der Waals surface area contributed by atoms with Crippen molar-refractivity contribution in [3.05, 3.63) is 41.2 Å². The molecular weight excluding hydrogens is 328 g/mol. The highest BCUT2D eigenvalue weighted by Crippen LogP contribution is 2.20. The van der Waals surface area contributed by atoms with Crippen molar-refractivity contribution in [3.63, 3.8) is 0 Å². The summed E-state index contributed by atoms with van der Waals surface area (Å²) in [4.78, 5) is 29.1. The first-order valence-corrected chi connectivity index (χ1v) is 8.30. The summed E-state index contributed by atoms with van der Waals surface area (Å²) in [5.74, 6) is 1.33. The molecule has 0 aliphatic carbocycles. The van der Waals surface area contributed by atoms with E-state index in [0.717, 1.165) is 0 Å². The molecule has 0 saturated heterocycles. The second-order valence-electron chi connectivity index (χ2n) is 5.45. The van der Waals surface area contributed by atoms with Crippen molar-refractivity contribution in [3.8, 4) is 10.8 Å². The van der Waals surface area contributed by atoms with Crippen LogP contribution in [0.3, 0.4) is 0 Å². The van der Waals surface area contributed by atoms with Gasteiger partial charge in [0.15, 0.2) is 16.7 Å². The lowest BCUT2D eigenvalue weighted by Crippen LogP contribution is -2.27. The molecule has 3 aromatic rings. The zero-order chi connectivity index (χ0) is 17.1. The molecule has 0 fully saturated rings. The van der Waals surface area contributed by atoms with Crippen LogP contribution in [0.15, 0.2) is 28.4 Å². The number of nitrogens with one attached hydrogen (secondary N) is 1. The molecule has 0 aliphatic rings. The van der Waals surface area contributed by atoms with Crippen molar-refractivity contribution in [1.82, 2.24) is 30.4 Å². The van der Waals surface area contributed by atoms with E-state index in [0.29, 0.717) is 28.2 Å². The largest absolute Gasteiger partial charge is 0.339 e. The molecule has 8 nitrogen and oxygen atoms in total. The second kappa shape index (κ2) is 6.83. The fourth-order valence-corrected chi connectivity index (χ4v) is 2.63. The Bertz CT molecular complexity index is 829. The molecule has 1 N–H and O–H groups in total.